The zero-order chi connectivity index (χ0) is 14.6. The van der Waals surface area contributed by atoms with Crippen LogP contribution >= 0.6 is 0 Å². The van der Waals surface area contributed by atoms with Gasteiger partial charge in [0.2, 0.25) is 0 Å². The molecule has 0 fully saturated rings. The van der Waals surface area contributed by atoms with Crippen molar-refractivity contribution in [2.24, 2.45) is 0 Å². The van der Waals surface area contributed by atoms with E-state index < -0.39 is 0 Å². The molecule has 1 heterocycles. The number of amides is 1. The van der Waals surface area contributed by atoms with Crippen molar-refractivity contribution >= 4 is 17.9 Å². The normalized spacial score (nSPS) is 11.8. The number of H-pyrrole nitrogens is 1. The third-order valence-electron chi connectivity index (χ3n) is 2.78. The Bertz CT molecular complexity index is 593. The van der Waals surface area contributed by atoms with Crippen LogP contribution in [0.2, 0.25) is 0 Å². The maximum atomic E-state index is 11.6. The number of tetrazole rings is 1. The molecule has 1 amide bonds. The average Bonchev–Trinajstić information content (AvgIpc) is 2.88. The summed E-state index contributed by atoms with van der Waals surface area (Å²) in [5.41, 5.74) is 2.34. The van der Waals surface area contributed by atoms with Crippen LogP contribution in [0.5, 0.6) is 0 Å². The van der Waals surface area contributed by atoms with Crippen LogP contribution in [0.3, 0.4) is 0 Å². The van der Waals surface area contributed by atoms with E-state index in [2.05, 4.69) is 58.8 Å². The van der Waals surface area contributed by atoms with Crippen LogP contribution in [0.25, 0.3) is 6.08 Å². The van der Waals surface area contributed by atoms with Crippen LogP contribution in [-0.2, 0) is 10.2 Å². The second kappa shape index (κ2) is 5.64. The number of benzene rings is 1. The number of aromatic nitrogens is 4. The third-order valence-corrected chi connectivity index (χ3v) is 2.78. The van der Waals surface area contributed by atoms with E-state index in [4.69, 9.17) is 0 Å². The van der Waals surface area contributed by atoms with E-state index in [1.165, 1.54) is 11.6 Å². The van der Waals surface area contributed by atoms with E-state index in [1.54, 1.807) is 6.08 Å². The maximum Gasteiger partial charge on any atom is 0.270 e. The van der Waals surface area contributed by atoms with Gasteiger partial charge in [-0.1, -0.05) is 50.1 Å². The van der Waals surface area contributed by atoms with Crippen LogP contribution < -0.4 is 5.32 Å². The predicted octanol–water partition coefficient (Wildman–Crippen LogP) is 2.15. The van der Waals surface area contributed by atoms with Gasteiger partial charge in [-0.2, -0.15) is 5.21 Å². The predicted molar refractivity (Wildman–Crippen MR) is 77.0 cm³/mol. The van der Waals surface area contributed by atoms with Crippen molar-refractivity contribution in [3.05, 3.63) is 41.5 Å². The number of nitrogens with zero attached hydrogens (tertiary/aromatic N) is 3. The van der Waals surface area contributed by atoms with E-state index in [1.807, 2.05) is 12.1 Å². The van der Waals surface area contributed by atoms with Gasteiger partial charge in [0, 0.05) is 6.08 Å². The average molecular weight is 271 g/mol. The Morgan fingerprint density at radius 2 is 1.95 bits per heavy atom. The Morgan fingerprint density at radius 3 is 2.50 bits per heavy atom. The molecule has 6 heteroatoms. The minimum atomic E-state index is -0.300. The molecule has 6 nitrogen and oxygen atoms in total. The highest BCUT2D eigenvalue weighted by molar-refractivity contribution is 6.00. The van der Waals surface area contributed by atoms with Gasteiger partial charge in [0.1, 0.15) is 0 Å². The quantitative estimate of drug-likeness (QED) is 0.838. The molecule has 1 aromatic heterocycles. The fourth-order valence-electron chi connectivity index (χ4n) is 1.63. The monoisotopic (exact) mass is 271 g/mol. The molecule has 0 atom stereocenters. The zero-order valence-corrected chi connectivity index (χ0v) is 11.7. The zero-order valence-electron chi connectivity index (χ0n) is 11.7. The number of rotatable bonds is 3. The second-order valence-corrected chi connectivity index (χ2v) is 5.43. The number of carbonyl (C=O) groups excluding carboxylic acids is 1. The van der Waals surface area contributed by atoms with Crippen molar-refractivity contribution < 1.29 is 4.79 Å². The van der Waals surface area contributed by atoms with Gasteiger partial charge >= 0.3 is 0 Å². The van der Waals surface area contributed by atoms with Crippen molar-refractivity contribution in [1.82, 2.24) is 20.6 Å². The summed E-state index contributed by atoms with van der Waals surface area (Å²) in [6.45, 7) is 6.49. The number of hydrogen-bond donors (Lipinski definition) is 2. The summed E-state index contributed by atoms with van der Waals surface area (Å²) in [6.07, 6.45) is 3.17. The highest BCUT2D eigenvalue weighted by Crippen LogP contribution is 2.22. The largest absolute Gasteiger partial charge is 0.288 e. The number of aromatic amines is 1. The van der Waals surface area contributed by atoms with E-state index in [0.717, 1.165) is 5.56 Å². The van der Waals surface area contributed by atoms with Crippen LogP contribution in [0, 0.1) is 0 Å². The topological polar surface area (TPSA) is 83.6 Å². The minimum absolute atomic E-state index is 0.123. The Balaban J connectivity index is 1.99. The summed E-state index contributed by atoms with van der Waals surface area (Å²) < 4.78 is 0. The smallest absolute Gasteiger partial charge is 0.270 e. The molecule has 0 aliphatic carbocycles. The summed E-state index contributed by atoms with van der Waals surface area (Å²) in [7, 11) is 0. The molecule has 2 N–H and O–H groups in total. The van der Waals surface area contributed by atoms with Crippen LogP contribution in [0.4, 0.5) is 5.95 Å². The maximum absolute atomic E-state index is 11.6. The first-order valence-corrected chi connectivity index (χ1v) is 6.28. The van der Waals surface area contributed by atoms with Crippen LogP contribution in [-0.4, -0.2) is 26.5 Å². The molecule has 104 valence electrons. The Kier molecular flexibility index (Phi) is 3.93. The van der Waals surface area contributed by atoms with Gasteiger partial charge in [-0.15, -0.1) is 5.10 Å². The molecule has 0 aliphatic heterocycles. The van der Waals surface area contributed by atoms with Gasteiger partial charge in [0.25, 0.3) is 11.9 Å². The lowest BCUT2D eigenvalue weighted by Crippen LogP contribution is -2.10. The molecule has 0 bridgehead atoms. The highest BCUT2D eigenvalue weighted by Gasteiger charge is 2.12. The molecule has 0 unspecified atom stereocenters. The first-order chi connectivity index (χ1) is 9.45. The Hall–Kier alpha value is -2.50. The Labute approximate surface area is 117 Å². The first kappa shape index (κ1) is 13.9. The number of anilines is 1. The first-order valence-electron chi connectivity index (χ1n) is 6.28. The second-order valence-electron chi connectivity index (χ2n) is 5.43. The van der Waals surface area contributed by atoms with Gasteiger partial charge in [0.05, 0.1) is 0 Å². The van der Waals surface area contributed by atoms with E-state index in [-0.39, 0.29) is 17.3 Å². The third kappa shape index (κ3) is 3.74. The van der Waals surface area contributed by atoms with Crippen molar-refractivity contribution in [3.8, 4) is 0 Å². The van der Waals surface area contributed by atoms with Crippen LogP contribution in [0.1, 0.15) is 31.9 Å². The molecule has 0 saturated carbocycles. The molecule has 0 radical (unpaired) electrons. The lowest BCUT2D eigenvalue weighted by molar-refractivity contribution is -0.111. The lowest BCUT2D eigenvalue weighted by Gasteiger charge is -2.18. The fourth-order valence-corrected chi connectivity index (χ4v) is 1.63. The molecule has 1 aromatic carbocycles. The van der Waals surface area contributed by atoms with Crippen molar-refractivity contribution in [2.45, 2.75) is 26.2 Å². The van der Waals surface area contributed by atoms with E-state index in [9.17, 15) is 4.79 Å². The highest BCUT2D eigenvalue weighted by atomic mass is 16.1. The summed E-state index contributed by atoms with van der Waals surface area (Å²) >= 11 is 0. The van der Waals surface area contributed by atoms with Gasteiger partial charge in [-0.05, 0) is 27.8 Å². The summed E-state index contributed by atoms with van der Waals surface area (Å²) in [5, 5.41) is 15.4. The molecular formula is C14H17N5O. The van der Waals surface area contributed by atoms with E-state index in [0.29, 0.717) is 0 Å². The van der Waals surface area contributed by atoms with Crippen molar-refractivity contribution in [2.75, 3.05) is 5.32 Å². The van der Waals surface area contributed by atoms with Gasteiger partial charge in [-0.3, -0.25) is 10.1 Å². The fraction of sp³-hybridized carbons (Fsp3) is 0.286. The number of nitrogens with one attached hydrogen (secondary N) is 2. The standard InChI is InChI=1S/C14H17N5O/c1-14(2,3)11-7-4-10(5-8-11)6-9-12(20)15-13-16-18-19-17-13/h4-9H,1-3H3,(H2,15,16,17,18,19,20). The summed E-state index contributed by atoms with van der Waals surface area (Å²) in [4.78, 5) is 11.6. The molecule has 0 saturated heterocycles. The molecule has 2 rings (SSSR count). The molecule has 0 spiro atoms. The van der Waals surface area contributed by atoms with Crippen LogP contribution in [0.15, 0.2) is 30.3 Å². The summed E-state index contributed by atoms with van der Waals surface area (Å²) in [6, 6.07) is 8.10. The number of carbonyl (C=O) groups is 1. The summed E-state index contributed by atoms with van der Waals surface area (Å²) in [5.74, 6) is -0.144. The van der Waals surface area contributed by atoms with Gasteiger partial charge in [-0.25, -0.2) is 0 Å². The van der Waals surface area contributed by atoms with Crippen molar-refractivity contribution in [3.63, 3.8) is 0 Å². The Morgan fingerprint density at radius 1 is 1.25 bits per heavy atom. The van der Waals surface area contributed by atoms with Gasteiger partial charge < -0.3 is 0 Å². The molecule has 0 aliphatic rings. The van der Waals surface area contributed by atoms with E-state index >= 15 is 0 Å². The number of hydrogen-bond acceptors (Lipinski definition) is 4. The molecule has 2 aromatic rings. The van der Waals surface area contributed by atoms with Gasteiger partial charge in [0.15, 0.2) is 0 Å². The SMILES string of the molecule is CC(C)(C)c1ccc(C=CC(=O)Nc2nn[nH]n2)cc1. The molecule has 20 heavy (non-hydrogen) atoms. The van der Waals surface area contributed by atoms with Crippen molar-refractivity contribution in [1.29, 1.82) is 0 Å². The lowest BCUT2D eigenvalue weighted by atomic mass is 9.87. The molecular weight excluding hydrogens is 254 g/mol. The minimum Gasteiger partial charge on any atom is -0.288 e.